The number of nitrogens with one attached hydrogen (secondary N) is 3. The van der Waals surface area contributed by atoms with E-state index < -0.39 is 0 Å². The highest BCUT2D eigenvalue weighted by molar-refractivity contribution is 6.07. The minimum absolute atomic E-state index is 0.101. The molecule has 2 aromatic heterocycles. The SMILES string of the molecule is COCC(C)NC(=O)c1ccc2[nH]c(-c3ccc[nH]c3=O)c(-c3ccccc3)c2c1. The fraction of sp³-hybridized carbons (Fsp3) is 0.167. The minimum atomic E-state index is -0.174. The maximum absolute atomic E-state index is 12.7. The first kappa shape index (κ1) is 19.7. The number of fused-ring (bicyclic) bond motifs is 1. The second-order valence-corrected chi connectivity index (χ2v) is 7.24. The number of pyridine rings is 1. The Hall–Kier alpha value is -3.64. The molecule has 0 saturated carbocycles. The number of amides is 1. The van der Waals surface area contributed by atoms with Crippen molar-refractivity contribution in [1.29, 1.82) is 0 Å². The highest BCUT2D eigenvalue weighted by atomic mass is 16.5. The van der Waals surface area contributed by atoms with Gasteiger partial charge in [-0.1, -0.05) is 30.3 Å². The van der Waals surface area contributed by atoms with Crippen LogP contribution >= 0.6 is 0 Å². The van der Waals surface area contributed by atoms with Gasteiger partial charge in [0.25, 0.3) is 11.5 Å². The van der Waals surface area contributed by atoms with Crippen LogP contribution in [0.25, 0.3) is 33.3 Å². The molecule has 4 aromatic rings. The Morgan fingerprint density at radius 1 is 1.10 bits per heavy atom. The number of carbonyl (C=O) groups is 1. The number of aromatic amines is 2. The molecule has 0 saturated heterocycles. The highest BCUT2D eigenvalue weighted by Gasteiger charge is 2.19. The van der Waals surface area contributed by atoms with Crippen molar-refractivity contribution in [2.45, 2.75) is 13.0 Å². The third kappa shape index (κ3) is 3.77. The zero-order valence-electron chi connectivity index (χ0n) is 16.9. The molecule has 0 fully saturated rings. The first-order chi connectivity index (χ1) is 14.6. The molecular weight excluding hydrogens is 378 g/mol. The Morgan fingerprint density at radius 3 is 2.63 bits per heavy atom. The molecule has 4 rings (SSSR count). The average Bonchev–Trinajstić information content (AvgIpc) is 3.13. The number of aromatic nitrogens is 2. The summed E-state index contributed by atoms with van der Waals surface area (Å²) in [6.07, 6.45) is 1.61. The van der Waals surface area contributed by atoms with Crippen molar-refractivity contribution < 1.29 is 9.53 Å². The van der Waals surface area contributed by atoms with Crippen molar-refractivity contribution in [2.24, 2.45) is 0 Å². The van der Waals surface area contributed by atoms with Gasteiger partial charge in [0.1, 0.15) is 0 Å². The van der Waals surface area contributed by atoms with E-state index in [4.69, 9.17) is 4.74 Å². The standard InChI is InChI=1S/C24H23N3O3/c1-15(14-30-2)26-23(28)17-10-11-20-19(13-17)21(16-7-4-3-5-8-16)22(27-20)18-9-6-12-25-24(18)29/h3-13,15,27H,14H2,1-2H3,(H,25,29)(H,26,28). The summed E-state index contributed by atoms with van der Waals surface area (Å²) in [5.74, 6) is -0.166. The van der Waals surface area contributed by atoms with Gasteiger partial charge in [0.2, 0.25) is 0 Å². The second kappa shape index (κ2) is 8.39. The van der Waals surface area contributed by atoms with Crippen LogP contribution < -0.4 is 10.9 Å². The molecular formula is C24H23N3O3. The third-order valence-corrected chi connectivity index (χ3v) is 5.00. The average molecular weight is 401 g/mol. The van der Waals surface area contributed by atoms with Crippen LogP contribution in [0.15, 0.2) is 71.7 Å². The lowest BCUT2D eigenvalue weighted by molar-refractivity contribution is 0.0905. The first-order valence-corrected chi connectivity index (χ1v) is 9.77. The van der Waals surface area contributed by atoms with Gasteiger partial charge in [-0.05, 0) is 42.8 Å². The predicted molar refractivity (Wildman–Crippen MR) is 119 cm³/mol. The number of carbonyl (C=O) groups excluding carboxylic acids is 1. The number of hydrogen-bond acceptors (Lipinski definition) is 3. The predicted octanol–water partition coefficient (Wildman–Crippen LogP) is 3.95. The Balaban J connectivity index is 1.88. The van der Waals surface area contributed by atoms with Gasteiger partial charge >= 0.3 is 0 Å². The molecule has 3 N–H and O–H groups in total. The molecule has 0 spiro atoms. The Kier molecular flexibility index (Phi) is 5.50. The van der Waals surface area contributed by atoms with Gasteiger partial charge in [-0.3, -0.25) is 9.59 Å². The highest BCUT2D eigenvalue weighted by Crippen LogP contribution is 2.37. The minimum Gasteiger partial charge on any atom is -0.383 e. The first-order valence-electron chi connectivity index (χ1n) is 9.77. The summed E-state index contributed by atoms with van der Waals surface area (Å²) in [6, 6.07) is 18.9. The van der Waals surface area contributed by atoms with Crippen LogP contribution in [0.1, 0.15) is 17.3 Å². The van der Waals surface area contributed by atoms with Crippen LogP contribution in [0, 0.1) is 0 Å². The molecule has 6 heteroatoms. The zero-order chi connectivity index (χ0) is 21.1. The maximum atomic E-state index is 12.7. The lowest BCUT2D eigenvalue weighted by atomic mass is 9.98. The molecule has 152 valence electrons. The van der Waals surface area contributed by atoms with Crippen LogP contribution in [0.5, 0.6) is 0 Å². The van der Waals surface area contributed by atoms with Gasteiger partial charge in [0.05, 0.1) is 17.9 Å². The van der Waals surface area contributed by atoms with Gasteiger partial charge in [-0.25, -0.2) is 0 Å². The van der Waals surface area contributed by atoms with Crippen LogP contribution in [0.3, 0.4) is 0 Å². The number of methoxy groups -OCH3 is 1. The summed E-state index contributed by atoms with van der Waals surface area (Å²) in [7, 11) is 1.60. The second-order valence-electron chi connectivity index (χ2n) is 7.24. The fourth-order valence-electron chi connectivity index (χ4n) is 3.66. The van der Waals surface area contributed by atoms with E-state index in [9.17, 15) is 9.59 Å². The lowest BCUT2D eigenvalue weighted by Gasteiger charge is -2.13. The van der Waals surface area contributed by atoms with Crippen LogP contribution in [-0.2, 0) is 4.74 Å². The van der Waals surface area contributed by atoms with Gasteiger partial charge in [-0.2, -0.15) is 0 Å². The summed E-state index contributed by atoms with van der Waals surface area (Å²) in [5.41, 5.74) is 4.36. The van der Waals surface area contributed by atoms with E-state index in [2.05, 4.69) is 15.3 Å². The number of H-pyrrole nitrogens is 2. The van der Waals surface area contributed by atoms with E-state index in [1.54, 1.807) is 31.5 Å². The summed E-state index contributed by atoms with van der Waals surface area (Å²) in [4.78, 5) is 31.3. The molecule has 2 aromatic carbocycles. The van der Waals surface area contributed by atoms with E-state index in [1.165, 1.54) is 0 Å². The maximum Gasteiger partial charge on any atom is 0.257 e. The molecule has 1 unspecified atom stereocenters. The quantitative estimate of drug-likeness (QED) is 0.457. The molecule has 30 heavy (non-hydrogen) atoms. The van der Waals surface area contributed by atoms with Gasteiger partial charge in [0, 0.05) is 41.4 Å². The van der Waals surface area contributed by atoms with Crippen molar-refractivity contribution in [3.05, 3.63) is 82.8 Å². The number of rotatable bonds is 6. The lowest BCUT2D eigenvalue weighted by Crippen LogP contribution is -2.35. The van der Waals surface area contributed by atoms with Crippen molar-refractivity contribution in [3.8, 4) is 22.4 Å². The summed E-state index contributed by atoms with van der Waals surface area (Å²) in [5, 5.41) is 3.82. The summed E-state index contributed by atoms with van der Waals surface area (Å²) < 4.78 is 5.10. The third-order valence-electron chi connectivity index (χ3n) is 5.00. The Morgan fingerprint density at radius 2 is 1.90 bits per heavy atom. The molecule has 0 aliphatic rings. The van der Waals surface area contributed by atoms with Gasteiger partial charge in [-0.15, -0.1) is 0 Å². The largest absolute Gasteiger partial charge is 0.383 e. The Labute approximate surface area is 173 Å². The molecule has 1 atom stereocenters. The smallest absolute Gasteiger partial charge is 0.257 e. The van der Waals surface area contributed by atoms with E-state index in [0.29, 0.717) is 17.7 Å². The van der Waals surface area contributed by atoms with E-state index in [1.807, 2.05) is 49.4 Å². The van der Waals surface area contributed by atoms with E-state index >= 15 is 0 Å². The molecule has 0 bridgehead atoms. The van der Waals surface area contributed by atoms with E-state index in [0.717, 1.165) is 27.7 Å². The molecule has 6 nitrogen and oxygen atoms in total. The Bertz CT molecular complexity index is 1240. The summed E-state index contributed by atoms with van der Waals surface area (Å²) >= 11 is 0. The van der Waals surface area contributed by atoms with Crippen LogP contribution in [0.2, 0.25) is 0 Å². The number of hydrogen-bond donors (Lipinski definition) is 3. The molecule has 0 aliphatic heterocycles. The van der Waals surface area contributed by atoms with Crippen molar-refractivity contribution in [1.82, 2.24) is 15.3 Å². The molecule has 0 aliphatic carbocycles. The fourth-order valence-corrected chi connectivity index (χ4v) is 3.66. The van der Waals surface area contributed by atoms with Crippen molar-refractivity contribution >= 4 is 16.8 Å². The topological polar surface area (TPSA) is 87.0 Å². The van der Waals surface area contributed by atoms with Gasteiger partial charge < -0.3 is 20.0 Å². The van der Waals surface area contributed by atoms with Crippen LogP contribution in [0.4, 0.5) is 0 Å². The number of ether oxygens (including phenoxy) is 1. The van der Waals surface area contributed by atoms with Crippen molar-refractivity contribution in [3.63, 3.8) is 0 Å². The van der Waals surface area contributed by atoms with Gasteiger partial charge in [0.15, 0.2) is 0 Å². The van der Waals surface area contributed by atoms with Crippen LogP contribution in [-0.4, -0.2) is 35.6 Å². The molecule has 1 amide bonds. The van der Waals surface area contributed by atoms with E-state index in [-0.39, 0.29) is 17.5 Å². The van der Waals surface area contributed by atoms with Crippen molar-refractivity contribution in [2.75, 3.05) is 13.7 Å². The monoisotopic (exact) mass is 401 g/mol. The molecule has 2 heterocycles. The zero-order valence-corrected chi connectivity index (χ0v) is 16.9. The molecule has 0 radical (unpaired) electrons. The normalized spacial score (nSPS) is 12.1. The number of benzene rings is 2. The summed E-state index contributed by atoms with van der Waals surface area (Å²) in [6.45, 7) is 2.33.